The number of benzene rings is 3. The van der Waals surface area contributed by atoms with Gasteiger partial charge in [-0.05, 0) is 68.3 Å². The molecule has 0 radical (unpaired) electrons. The number of thioether (sulfide) groups is 1. The molecule has 29 heavy (non-hydrogen) atoms. The van der Waals surface area contributed by atoms with Crippen molar-refractivity contribution >= 4 is 35.0 Å². The Bertz CT molecular complexity index is 1030. The van der Waals surface area contributed by atoms with E-state index in [0.29, 0.717) is 17.0 Å². The molecule has 0 fully saturated rings. The molecule has 0 saturated carbocycles. The maximum atomic E-state index is 12.4. The molecule has 3 aromatic carbocycles. The van der Waals surface area contributed by atoms with Crippen molar-refractivity contribution < 1.29 is 9.59 Å². The molecule has 0 aliphatic rings. The fourth-order valence-electron chi connectivity index (χ4n) is 2.79. The molecule has 0 spiro atoms. The van der Waals surface area contributed by atoms with E-state index < -0.39 is 0 Å². The molecular formula is C24H24N2O2S. The van der Waals surface area contributed by atoms with Crippen molar-refractivity contribution in [1.29, 1.82) is 0 Å². The van der Waals surface area contributed by atoms with Crippen LogP contribution in [0, 0.1) is 20.8 Å². The smallest absolute Gasteiger partial charge is 0.255 e. The van der Waals surface area contributed by atoms with Crippen LogP contribution in [0.15, 0.2) is 71.6 Å². The predicted octanol–water partition coefficient (Wildman–Crippen LogP) is 5.59. The second kappa shape index (κ2) is 9.43. The van der Waals surface area contributed by atoms with Crippen LogP contribution in [0.4, 0.5) is 11.4 Å². The lowest BCUT2D eigenvalue weighted by Crippen LogP contribution is -2.15. The van der Waals surface area contributed by atoms with Crippen LogP contribution < -0.4 is 10.6 Å². The number of aryl methyl sites for hydroxylation is 2. The van der Waals surface area contributed by atoms with Crippen LogP contribution in [0.25, 0.3) is 0 Å². The van der Waals surface area contributed by atoms with E-state index in [1.165, 1.54) is 11.8 Å². The number of hydrogen-bond donors (Lipinski definition) is 2. The highest BCUT2D eigenvalue weighted by Crippen LogP contribution is 2.23. The Morgan fingerprint density at radius 3 is 2.34 bits per heavy atom. The molecule has 0 bridgehead atoms. The molecule has 5 heteroatoms. The molecule has 3 aromatic rings. The molecule has 0 aromatic heterocycles. The molecular weight excluding hydrogens is 380 g/mol. The Balaban J connectivity index is 1.58. The molecule has 2 N–H and O–H groups in total. The molecule has 0 atom stereocenters. The number of amides is 2. The minimum atomic E-state index is -0.153. The van der Waals surface area contributed by atoms with E-state index in [2.05, 4.69) is 10.6 Å². The van der Waals surface area contributed by atoms with Gasteiger partial charge in [-0.3, -0.25) is 9.59 Å². The molecule has 4 nitrogen and oxygen atoms in total. The van der Waals surface area contributed by atoms with Gasteiger partial charge in [0.05, 0.1) is 5.75 Å². The molecule has 0 unspecified atom stereocenters. The van der Waals surface area contributed by atoms with E-state index >= 15 is 0 Å². The SMILES string of the molecule is Cc1ccc(C(=O)Nc2cccc(SCC(=O)Nc3cccc(C)c3C)c2)cc1. The van der Waals surface area contributed by atoms with E-state index in [0.717, 1.165) is 27.3 Å². The highest BCUT2D eigenvalue weighted by molar-refractivity contribution is 8.00. The summed E-state index contributed by atoms with van der Waals surface area (Å²) in [6, 6.07) is 20.8. The zero-order valence-electron chi connectivity index (χ0n) is 16.8. The monoisotopic (exact) mass is 404 g/mol. The van der Waals surface area contributed by atoms with Gasteiger partial charge in [-0.15, -0.1) is 11.8 Å². The Labute approximate surface area is 175 Å². The minimum absolute atomic E-state index is 0.0576. The zero-order chi connectivity index (χ0) is 20.8. The second-order valence-corrected chi connectivity index (χ2v) is 7.98. The molecule has 0 saturated heterocycles. The maximum Gasteiger partial charge on any atom is 0.255 e. The second-order valence-electron chi connectivity index (χ2n) is 6.93. The lowest BCUT2D eigenvalue weighted by atomic mass is 10.1. The summed E-state index contributed by atoms with van der Waals surface area (Å²) >= 11 is 1.43. The fraction of sp³-hybridized carbons (Fsp3) is 0.167. The van der Waals surface area contributed by atoms with Crippen LogP contribution in [0.1, 0.15) is 27.0 Å². The summed E-state index contributed by atoms with van der Waals surface area (Å²) in [4.78, 5) is 25.6. The number of carbonyl (C=O) groups is 2. The van der Waals surface area contributed by atoms with Crippen molar-refractivity contribution in [2.45, 2.75) is 25.7 Å². The summed E-state index contributed by atoms with van der Waals surface area (Å²) in [5.74, 6) is 0.0838. The summed E-state index contributed by atoms with van der Waals surface area (Å²) in [6.45, 7) is 6.01. The van der Waals surface area contributed by atoms with Crippen LogP contribution in [-0.4, -0.2) is 17.6 Å². The zero-order valence-corrected chi connectivity index (χ0v) is 17.6. The summed E-state index contributed by atoms with van der Waals surface area (Å²) in [7, 11) is 0. The van der Waals surface area contributed by atoms with Crippen molar-refractivity contribution in [2.24, 2.45) is 0 Å². The molecule has 0 heterocycles. The normalized spacial score (nSPS) is 10.4. The standard InChI is InChI=1S/C24H24N2O2S/c1-16-10-12-19(13-11-16)24(28)25-20-7-5-8-21(14-20)29-15-23(27)26-22-9-4-6-17(2)18(22)3/h4-14H,15H2,1-3H3,(H,25,28)(H,26,27). The lowest BCUT2D eigenvalue weighted by molar-refractivity contribution is -0.113. The average molecular weight is 405 g/mol. The van der Waals surface area contributed by atoms with Crippen molar-refractivity contribution in [2.75, 3.05) is 16.4 Å². The van der Waals surface area contributed by atoms with Gasteiger partial charge in [0, 0.05) is 21.8 Å². The Hall–Kier alpha value is -3.05. The van der Waals surface area contributed by atoms with Gasteiger partial charge in [0.1, 0.15) is 0 Å². The molecule has 3 rings (SSSR count). The van der Waals surface area contributed by atoms with Gasteiger partial charge in [0.15, 0.2) is 0 Å². The van der Waals surface area contributed by atoms with Crippen molar-refractivity contribution in [3.8, 4) is 0 Å². The van der Waals surface area contributed by atoms with Gasteiger partial charge in [-0.25, -0.2) is 0 Å². The number of hydrogen-bond acceptors (Lipinski definition) is 3. The number of anilines is 2. The summed E-state index contributed by atoms with van der Waals surface area (Å²) in [5.41, 5.74) is 5.49. The molecule has 0 aliphatic carbocycles. The molecule has 0 aliphatic heterocycles. The first-order chi connectivity index (χ1) is 13.9. The third-order valence-electron chi connectivity index (χ3n) is 4.65. The summed E-state index contributed by atoms with van der Waals surface area (Å²) < 4.78 is 0. The van der Waals surface area contributed by atoms with Crippen LogP contribution in [0.5, 0.6) is 0 Å². The third-order valence-corrected chi connectivity index (χ3v) is 5.65. The van der Waals surface area contributed by atoms with E-state index in [9.17, 15) is 9.59 Å². The van der Waals surface area contributed by atoms with Crippen molar-refractivity contribution in [1.82, 2.24) is 0 Å². The number of carbonyl (C=O) groups excluding carboxylic acids is 2. The van der Waals surface area contributed by atoms with Crippen molar-refractivity contribution in [3.05, 3.63) is 89.0 Å². The third kappa shape index (κ3) is 5.72. The number of rotatable bonds is 6. The Morgan fingerprint density at radius 2 is 1.59 bits per heavy atom. The number of nitrogens with one attached hydrogen (secondary N) is 2. The van der Waals surface area contributed by atoms with Crippen LogP contribution in [0.3, 0.4) is 0 Å². The Morgan fingerprint density at radius 1 is 0.862 bits per heavy atom. The van der Waals surface area contributed by atoms with E-state index in [1.807, 2.05) is 75.4 Å². The summed E-state index contributed by atoms with van der Waals surface area (Å²) in [5, 5.41) is 5.87. The van der Waals surface area contributed by atoms with Gasteiger partial charge in [-0.2, -0.15) is 0 Å². The first-order valence-corrected chi connectivity index (χ1v) is 10.4. The molecule has 148 valence electrons. The van der Waals surface area contributed by atoms with Crippen molar-refractivity contribution in [3.63, 3.8) is 0 Å². The van der Waals surface area contributed by atoms with Gasteiger partial charge >= 0.3 is 0 Å². The highest BCUT2D eigenvalue weighted by atomic mass is 32.2. The van der Waals surface area contributed by atoms with Gasteiger partial charge in [-0.1, -0.05) is 35.9 Å². The first-order valence-electron chi connectivity index (χ1n) is 9.39. The average Bonchev–Trinajstić information content (AvgIpc) is 2.71. The van der Waals surface area contributed by atoms with E-state index in [1.54, 1.807) is 12.1 Å². The van der Waals surface area contributed by atoms with Crippen LogP contribution in [-0.2, 0) is 4.79 Å². The highest BCUT2D eigenvalue weighted by Gasteiger charge is 2.09. The van der Waals surface area contributed by atoms with E-state index in [-0.39, 0.29) is 11.8 Å². The minimum Gasteiger partial charge on any atom is -0.325 e. The van der Waals surface area contributed by atoms with E-state index in [4.69, 9.17) is 0 Å². The summed E-state index contributed by atoms with van der Waals surface area (Å²) in [6.07, 6.45) is 0. The van der Waals surface area contributed by atoms with Gasteiger partial charge < -0.3 is 10.6 Å². The van der Waals surface area contributed by atoms with Crippen LogP contribution in [0.2, 0.25) is 0 Å². The van der Waals surface area contributed by atoms with Gasteiger partial charge in [0.2, 0.25) is 5.91 Å². The van der Waals surface area contributed by atoms with Crippen LogP contribution >= 0.6 is 11.8 Å². The fourth-order valence-corrected chi connectivity index (χ4v) is 3.55. The molecule has 2 amide bonds. The lowest BCUT2D eigenvalue weighted by Gasteiger charge is -2.11. The maximum absolute atomic E-state index is 12.4. The predicted molar refractivity (Wildman–Crippen MR) is 121 cm³/mol. The first kappa shape index (κ1) is 20.7. The quantitative estimate of drug-likeness (QED) is 0.526. The van der Waals surface area contributed by atoms with Gasteiger partial charge in [0.25, 0.3) is 5.91 Å². The largest absolute Gasteiger partial charge is 0.325 e. The Kier molecular flexibility index (Phi) is 6.73. The topological polar surface area (TPSA) is 58.2 Å².